The molecule has 1 aliphatic heterocycles. The second-order valence-electron chi connectivity index (χ2n) is 8.89. The van der Waals surface area contributed by atoms with Crippen LogP contribution in [0, 0.1) is 17.8 Å². The molecule has 0 aromatic carbocycles. The molecule has 0 radical (unpaired) electrons. The summed E-state index contributed by atoms with van der Waals surface area (Å²) < 4.78 is 6.77. The first kappa shape index (κ1) is 19.4. The zero-order chi connectivity index (χ0) is 18.1. The number of nitrogens with zero attached hydrogens (tertiary/aromatic N) is 1. The second kappa shape index (κ2) is 7.13. The molecule has 2 nitrogen and oxygen atoms in total. The van der Waals surface area contributed by atoms with Gasteiger partial charge in [-0.1, -0.05) is 39.5 Å². The standard InChI is InChI=1S/C21H35NOSi/c1-9-16-12-11-13-17-20(16)19(15(3)14-22-17)18(10-2)23-24(7,8)21(4,5)6/h9-10,16,18-20H,1-3,11-14H2,4-8H3/t16-,18-,19-,20+/m0/s1. The average molecular weight is 346 g/mol. The van der Waals surface area contributed by atoms with E-state index in [1.807, 2.05) is 6.08 Å². The van der Waals surface area contributed by atoms with Crippen molar-refractivity contribution in [1.29, 1.82) is 0 Å². The number of rotatable bonds is 5. The summed E-state index contributed by atoms with van der Waals surface area (Å²) in [5.41, 5.74) is 2.55. The van der Waals surface area contributed by atoms with Crippen LogP contribution in [0.4, 0.5) is 0 Å². The summed E-state index contributed by atoms with van der Waals surface area (Å²) in [6, 6.07) is 0. The molecule has 1 aliphatic carbocycles. The Bertz CT molecular complexity index is 541. The average Bonchev–Trinajstić information content (AvgIpc) is 2.51. The van der Waals surface area contributed by atoms with Gasteiger partial charge in [-0.25, -0.2) is 0 Å². The Morgan fingerprint density at radius 1 is 1.29 bits per heavy atom. The van der Waals surface area contributed by atoms with Gasteiger partial charge in [0.1, 0.15) is 0 Å². The van der Waals surface area contributed by atoms with Crippen molar-refractivity contribution in [2.24, 2.45) is 22.7 Å². The van der Waals surface area contributed by atoms with E-state index in [1.165, 1.54) is 24.1 Å². The highest BCUT2D eigenvalue weighted by atomic mass is 28.4. The van der Waals surface area contributed by atoms with Crippen molar-refractivity contribution in [3.8, 4) is 0 Å². The summed E-state index contributed by atoms with van der Waals surface area (Å²) in [6.45, 7) is 24.8. The van der Waals surface area contributed by atoms with Crippen LogP contribution in [0.2, 0.25) is 18.1 Å². The van der Waals surface area contributed by atoms with Crippen molar-refractivity contribution in [3.63, 3.8) is 0 Å². The molecule has 4 atom stereocenters. The van der Waals surface area contributed by atoms with Crippen molar-refractivity contribution >= 4 is 14.0 Å². The van der Waals surface area contributed by atoms with E-state index >= 15 is 0 Å². The number of allylic oxidation sites excluding steroid dienone is 1. The van der Waals surface area contributed by atoms with Gasteiger partial charge in [-0.15, -0.1) is 13.2 Å². The molecule has 0 bridgehead atoms. The Morgan fingerprint density at radius 3 is 2.50 bits per heavy atom. The molecule has 134 valence electrons. The van der Waals surface area contributed by atoms with E-state index in [1.54, 1.807) is 0 Å². The van der Waals surface area contributed by atoms with Crippen LogP contribution in [-0.2, 0) is 4.43 Å². The molecule has 0 aromatic heterocycles. The fourth-order valence-corrected chi connectivity index (χ4v) is 5.10. The second-order valence-corrected chi connectivity index (χ2v) is 13.6. The summed E-state index contributed by atoms with van der Waals surface area (Å²) in [5.74, 6) is 1.16. The predicted octanol–water partition coefficient (Wildman–Crippen LogP) is 5.79. The fourth-order valence-electron chi connectivity index (χ4n) is 3.82. The highest BCUT2D eigenvalue weighted by Crippen LogP contribution is 2.45. The molecule has 0 aromatic rings. The first-order chi connectivity index (χ1) is 11.1. The van der Waals surface area contributed by atoms with Gasteiger partial charge in [0.25, 0.3) is 0 Å². The Morgan fingerprint density at radius 2 is 1.96 bits per heavy atom. The minimum absolute atomic E-state index is 0.0226. The molecule has 0 N–H and O–H groups in total. The molecule has 1 fully saturated rings. The van der Waals surface area contributed by atoms with E-state index in [2.05, 4.69) is 59.7 Å². The maximum absolute atomic E-state index is 6.77. The van der Waals surface area contributed by atoms with Crippen LogP contribution in [0.3, 0.4) is 0 Å². The molecule has 0 unspecified atom stereocenters. The first-order valence-electron chi connectivity index (χ1n) is 9.26. The summed E-state index contributed by atoms with van der Waals surface area (Å²) in [4.78, 5) is 4.83. The lowest BCUT2D eigenvalue weighted by Crippen LogP contribution is -2.50. The quantitative estimate of drug-likeness (QED) is 0.456. The summed E-state index contributed by atoms with van der Waals surface area (Å²) in [7, 11) is -1.87. The van der Waals surface area contributed by atoms with Crippen molar-refractivity contribution in [1.82, 2.24) is 0 Å². The molecule has 1 saturated carbocycles. The third-order valence-electron chi connectivity index (χ3n) is 6.29. The normalized spacial score (nSPS) is 29.5. The largest absolute Gasteiger partial charge is 0.410 e. The molecular formula is C21H35NOSi. The van der Waals surface area contributed by atoms with Crippen molar-refractivity contribution in [2.75, 3.05) is 6.54 Å². The molecule has 3 heteroatoms. The summed E-state index contributed by atoms with van der Waals surface area (Å²) in [5, 5.41) is 0.186. The van der Waals surface area contributed by atoms with Crippen LogP contribution < -0.4 is 0 Å². The minimum atomic E-state index is -1.87. The Hall–Kier alpha value is -0.933. The highest BCUT2D eigenvalue weighted by Gasteiger charge is 2.45. The Labute approximate surface area is 149 Å². The van der Waals surface area contributed by atoms with Crippen molar-refractivity contribution < 1.29 is 4.43 Å². The molecule has 2 aliphatic rings. The third-order valence-corrected chi connectivity index (χ3v) is 10.8. The van der Waals surface area contributed by atoms with E-state index in [9.17, 15) is 0 Å². The van der Waals surface area contributed by atoms with E-state index in [0.717, 1.165) is 13.0 Å². The maximum Gasteiger partial charge on any atom is 0.192 e. The van der Waals surface area contributed by atoms with Gasteiger partial charge in [0.2, 0.25) is 0 Å². The molecule has 2 rings (SSSR count). The van der Waals surface area contributed by atoms with Gasteiger partial charge in [0.05, 0.1) is 12.6 Å². The number of hydrogen-bond donors (Lipinski definition) is 0. The lowest BCUT2D eigenvalue weighted by molar-refractivity contribution is 0.137. The van der Waals surface area contributed by atoms with Crippen LogP contribution >= 0.6 is 0 Å². The Balaban J connectivity index is 2.34. The van der Waals surface area contributed by atoms with E-state index in [0.29, 0.717) is 11.8 Å². The highest BCUT2D eigenvalue weighted by molar-refractivity contribution is 6.74. The number of hydrogen-bond acceptors (Lipinski definition) is 2. The SMILES string of the molecule is C=C[C@H](O[Si](C)(C)C(C)(C)C)[C@@H]1C(=C)CN=C2CCC[C@H](C=C)[C@H]21. The van der Waals surface area contributed by atoms with Gasteiger partial charge in [-0.2, -0.15) is 0 Å². The topological polar surface area (TPSA) is 21.6 Å². The van der Waals surface area contributed by atoms with Gasteiger partial charge in [0.15, 0.2) is 8.32 Å². The van der Waals surface area contributed by atoms with Crippen LogP contribution in [0.5, 0.6) is 0 Å². The molecule has 24 heavy (non-hydrogen) atoms. The zero-order valence-corrected chi connectivity index (χ0v) is 17.3. The zero-order valence-electron chi connectivity index (χ0n) is 16.3. The fraction of sp³-hybridized carbons (Fsp3) is 0.667. The number of aliphatic imine (C=N–C) groups is 1. The van der Waals surface area contributed by atoms with E-state index in [4.69, 9.17) is 9.42 Å². The predicted molar refractivity (Wildman–Crippen MR) is 108 cm³/mol. The smallest absolute Gasteiger partial charge is 0.192 e. The summed E-state index contributed by atoms with van der Waals surface area (Å²) >= 11 is 0. The molecule has 0 spiro atoms. The molecule has 1 heterocycles. The van der Waals surface area contributed by atoms with Crippen molar-refractivity contribution in [2.45, 2.75) is 64.3 Å². The van der Waals surface area contributed by atoms with Gasteiger partial charge in [-0.05, 0) is 48.9 Å². The van der Waals surface area contributed by atoms with Crippen LogP contribution in [-0.4, -0.2) is 26.7 Å². The van der Waals surface area contributed by atoms with E-state index < -0.39 is 8.32 Å². The van der Waals surface area contributed by atoms with Gasteiger partial charge in [-0.3, -0.25) is 4.99 Å². The minimum Gasteiger partial charge on any atom is -0.410 e. The first-order valence-corrected chi connectivity index (χ1v) is 12.2. The molecule has 0 amide bonds. The van der Waals surface area contributed by atoms with Crippen LogP contribution in [0.25, 0.3) is 0 Å². The lowest BCUT2D eigenvalue weighted by Gasteiger charge is -2.46. The van der Waals surface area contributed by atoms with Crippen LogP contribution in [0.1, 0.15) is 40.0 Å². The van der Waals surface area contributed by atoms with Gasteiger partial charge < -0.3 is 4.43 Å². The summed E-state index contributed by atoms with van der Waals surface area (Å²) in [6.07, 6.45) is 7.68. The number of fused-ring (bicyclic) bond motifs is 1. The Kier molecular flexibility index (Phi) is 5.76. The van der Waals surface area contributed by atoms with Gasteiger partial charge in [0, 0.05) is 17.5 Å². The van der Waals surface area contributed by atoms with E-state index in [-0.39, 0.29) is 17.1 Å². The molecular weight excluding hydrogens is 310 g/mol. The monoisotopic (exact) mass is 345 g/mol. The molecule has 0 saturated heterocycles. The van der Waals surface area contributed by atoms with Gasteiger partial charge >= 0.3 is 0 Å². The third kappa shape index (κ3) is 3.67. The van der Waals surface area contributed by atoms with Crippen LogP contribution in [0.15, 0.2) is 42.5 Å². The maximum atomic E-state index is 6.77. The van der Waals surface area contributed by atoms with Crippen molar-refractivity contribution in [3.05, 3.63) is 37.5 Å². The lowest BCUT2D eigenvalue weighted by atomic mass is 9.66.